The molecule has 0 aliphatic rings. The molecule has 0 aromatic heterocycles. The van der Waals surface area contributed by atoms with Crippen molar-refractivity contribution in [2.75, 3.05) is 0 Å². The zero-order valence-corrected chi connectivity index (χ0v) is 9.77. The third kappa shape index (κ3) is 4.10. The van der Waals surface area contributed by atoms with E-state index in [9.17, 15) is 9.59 Å². The molecule has 1 aromatic carbocycles. The van der Waals surface area contributed by atoms with Gasteiger partial charge in [-0.1, -0.05) is 19.1 Å². The van der Waals surface area contributed by atoms with Gasteiger partial charge in [-0.2, -0.15) is 0 Å². The maximum atomic E-state index is 11.0. The summed E-state index contributed by atoms with van der Waals surface area (Å²) in [6.45, 7) is 3.24. The van der Waals surface area contributed by atoms with Gasteiger partial charge in [0.25, 0.3) is 0 Å². The smallest absolute Gasteiger partial charge is 0.331 e. The number of hydrogen-bond donors (Lipinski definition) is 1. The molecule has 1 rings (SSSR count). The Balaban J connectivity index is 2.78. The molecule has 4 nitrogen and oxygen atoms in total. The van der Waals surface area contributed by atoms with Crippen molar-refractivity contribution in [3.8, 4) is 5.75 Å². The molecule has 0 aliphatic carbocycles. The Kier molecular flexibility index (Phi) is 4.46. The molecule has 4 heteroatoms. The quantitative estimate of drug-likeness (QED) is 0.494. The third-order valence-corrected chi connectivity index (χ3v) is 2.12. The average Bonchev–Trinajstić information content (AvgIpc) is 2.31. The molecule has 0 fully saturated rings. The van der Waals surface area contributed by atoms with Crippen LogP contribution in [0.15, 0.2) is 29.8 Å². The molecule has 1 N–H and O–H groups in total. The van der Waals surface area contributed by atoms with E-state index in [-0.39, 0.29) is 11.5 Å². The lowest BCUT2D eigenvalue weighted by atomic mass is 10.1. The Morgan fingerprint density at radius 3 is 2.35 bits per heavy atom. The van der Waals surface area contributed by atoms with Crippen molar-refractivity contribution in [3.05, 3.63) is 35.4 Å². The molecule has 0 aliphatic heterocycles. The van der Waals surface area contributed by atoms with Gasteiger partial charge in [0.2, 0.25) is 0 Å². The van der Waals surface area contributed by atoms with Crippen LogP contribution in [0.1, 0.15) is 25.8 Å². The molecule has 0 bridgehead atoms. The van der Waals surface area contributed by atoms with E-state index >= 15 is 0 Å². The molecule has 0 atom stereocenters. The molecule has 0 saturated carbocycles. The Bertz CT molecular complexity index is 443. The number of benzene rings is 1. The lowest BCUT2D eigenvalue weighted by Crippen LogP contribution is -2.05. The Morgan fingerprint density at radius 2 is 1.88 bits per heavy atom. The zero-order chi connectivity index (χ0) is 12.8. The third-order valence-electron chi connectivity index (χ3n) is 2.12. The molecule has 0 unspecified atom stereocenters. The molecule has 90 valence electrons. The number of carboxylic acids is 1. The second-order valence-electron chi connectivity index (χ2n) is 3.53. The van der Waals surface area contributed by atoms with Gasteiger partial charge >= 0.3 is 11.9 Å². The van der Waals surface area contributed by atoms with Gasteiger partial charge in [0.05, 0.1) is 0 Å². The number of aliphatic carboxylic acids is 1. The molecular weight excluding hydrogens is 220 g/mol. The fraction of sp³-hybridized carbons (Fsp3) is 0.231. The van der Waals surface area contributed by atoms with Crippen LogP contribution in [-0.2, 0) is 9.59 Å². The average molecular weight is 234 g/mol. The van der Waals surface area contributed by atoms with E-state index in [0.29, 0.717) is 12.2 Å². The Labute approximate surface area is 99.5 Å². The van der Waals surface area contributed by atoms with Crippen molar-refractivity contribution >= 4 is 18.0 Å². The lowest BCUT2D eigenvalue weighted by Gasteiger charge is -2.02. The van der Waals surface area contributed by atoms with E-state index in [1.165, 1.54) is 6.92 Å². The summed E-state index contributed by atoms with van der Waals surface area (Å²) in [5.41, 5.74) is 1.00. The summed E-state index contributed by atoms with van der Waals surface area (Å²) in [7, 11) is 0. The molecular formula is C13H14O4. The van der Waals surface area contributed by atoms with Crippen molar-refractivity contribution in [1.82, 2.24) is 0 Å². The first-order chi connectivity index (χ1) is 8.02. The van der Waals surface area contributed by atoms with Crippen LogP contribution in [0.25, 0.3) is 6.08 Å². The molecule has 0 spiro atoms. The predicted molar refractivity (Wildman–Crippen MR) is 63.7 cm³/mol. The van der Waals surface area contributed by atoms with E-state index in [1.807, 2.05) is 0 Å². The van der Waals surface area contributed by atoms with Crippen molar-refractivity contribution in [3.63, 3.8) is 0 Å². The van der Waals surface area contributed by atoms with Crippen molar-refractivity contribution in [2.45, 2.75) is 20.3 Å². The lowest BCUT2D eigenvalue weighted by molar-refractivity contribution is -0.134. The Morgan fingerprint density at radius 1 is 1.29 bits per heavy atom. The van der Waals surface area contributed by atoms with Crippen LogP contribution in [0.3, 0.4) is 0 Å². The van der Waals surface area contributed by atoms with Crippen LogP contribution >= 0.6 is 0 Å². The van der Waals surface area contributed by atoms with Crippen LogP contribution in [-0.4, -0.2) is 17.0 Å². The highest BCUT2D eigenvalue weighted by Gasteiger charge is 2.02. The SMILES string of the molecule is CCC(=O)Oc1ccc(/C=C(\C)C(=O)O)cc1. The number of rotatable bonds is 4. The van der Waals surface area contributed by atoms with Gasteiger partial charge in [-0.05, 0) is 30.7 Å². The van der Waals surface area contributed by atoms with Gasteiger partial charge in [0, 0.05) is 12.0 Å². The number of hydrogen-bond acceptors (Lipinski definition) is 3. The minimum Gasteiger partial charge on any atom is -0.478 e. The van der Waals surface area contributed by atoms with Crippen molar-refractivity contribution < 1.29 is 19.4 Å². The highest BCUT2D eigenvalue weighted by atomic mass is 16.5. The highest BCUT2D eigenvalue weighted by Crippen LogP contribution is 2.15. The van der Waals surface area contributed by atoms with E-state index in [0.717, 1.165) is 5.56 Å². The second-order valence-corrected chi connectivity index (χ2v) is 3.53. The summed E-state index contributed by atoms with van der Waals surface area (Å²) >= 11 is 0. The van der Waals surface area contributed by atoms with Gasteiger partial charge in [-0.25, -0.2) is 4.79 Å². The summed E-state index contributed by atoms with van der Waals surface area (Å²) in [5, 5.41) is 8.71. The van der Waals surface area contributed by atoms with E-state index in [4.69, 9.17) is 9.84 Å². The fourth-order valence-electron chi connectivity index (χ4n) is 1.15. The zero-order valence-electron chi connectivity index (χ0n) is 9.77. The number of esters is 1. The first-order valence-corrected chi connectivity index (χ1v) is 5.25. The molecule has 0 saturated heterocycles. The Hall–Kier alpha value is -2.10. The summed E-state index contributed by atoms with van der Waals surface area (Å²) in [6.07, 6.45) is 1.87. The molecule has 0 radical (unpaired) electrons. The second kappa shape index (κ2) is 5.84. The van der Waals surface area contributed by atoms with Crippen LogP contribution < -0.4 is 4.74 Å². The highest BCUT2D eigenvalue weighted by molar-refractivity contribution is 5.91. The predicted octanol–water partition coefficient (Wildman–Crippen LogP) is 2.49. The first-order valence-electron chi connectivity index (χ1n) is 5.25. The summed E-state index contributed by atoms with van der Waals surface area (Å²) in [4.78, 5) is 21.6. The number of carbonyl (C=O) groups excluding carboxylic acids is 1. The summed E-state index contributed by atoms with van der Waals surface area (Å²) < 4.78 is 5.00. The molecule has 17 heavy (non-hydrogen) atoms. The number of carbonyl (C=O) groups is 2. The number of carboxylic acid groups (broad SMARTS) is 1. The standard InChI is InChI=1S/C13H14O4/c1-3-12(14)17-11-6-4-10(5-7-11)8-9(2)13(15)16/h4-8H,3H2,1-2H3,(H,15,16)/b9-8+. The summed E-state index contributed by atoms with van der Waals surface area (Å²) in [6, 6.07) is 6.67. The van der Waals surface area contributed by atoms with Crippen molar-refractivity contribution in [1.29, 1.82) is 0 Å². The largest absolute Gasteiger partial charge is 0.478 e. The van der Waals surface area contributed by atoms with Gasteiger partial charge in [0.15, 0.2) is 0 Å². The normalized spacial score (nSPS) is 11.1. The first kappa shape index (κ1) is 13.0. The minimum atomic E-state index is -0.952. The van der Waals surface area contributed by atoms with Gasteiger partial charge in [-0.15, -0.1) is 0 Å². The van der Waals surface area contributed by atoms with E-state index < -0.39 is 5.97 Å². The van der Waals surface area contributed by atoms with Gasteiger partial charge < -0.3 is 9.84 Å². The topological polar surface area (TPSA) is 63.6 Å². The van der Waals surface area contributed by atoms with E-state index in [2.05, 4.69) is 0 Å². The fourth-order valence-corrected chi connectivity index (χ4v) is 1.15. The van der Waals surface area contributed by atoms with Crippen LogP contribution in [0.2, 0.25) is 0 Å². The maximum Gasteiger partial charge on any atom is 0.331 e. The molecule has 0 amide bonds. The summed E-state index contributed by atoms with van der Waals surface area (Å²) in [5.74, 6) is -0.788. The molecule has 1 aromatic rings. The van der Waals surface area contributed by atoms with Crippen LogP contribution in [0.4, 0.5) is 0 Å². The maximum absolute atomic E-state index is 11.0. The van der Waals surface area contributed by atoms with E-state index in [1.54, 1.807) is 37.3 Å². The van der Waals surface area contributed by atoms with Gasteiger partial charge in [-0.3, -0.25) is 4.79 Å². The monoisotopic (exact) mass is 234 g/mol. The van der Waals surface area contributed by atoms with Crippen LogP contribution in [0, 0.1) is 0 Å². The van der Waals surface area contributed by atoms with Crippen LogP contribution in [0.5, 0.6) is 5.75 Å². The minimum absolute atomic E-state index is 0.253. The number of ether oxygens (including phenoxy) is 1. The molecule has 0 heterocycles. The van der Waals surface area contributed by atoms with Crippen molar-refractivity contribution in [2.24, 2.45) is 0 Å². The van der Waals surface area contributed by atoms with Gasteiger partial charge in [0.1, 0.15) is 5.75 Å².